The van der Waals surface area contributed by atoms with Crippen molar-refractivity contribution < 1.29 is 4.74 Å². The number of aromatic nitrogens is 2. The van der Waals surface area contributed by atoms with Crippen LogP contribution in [0.3, 0.4) is 0 Å². The molecule has 8 aromatic carbocycles. The van der Waals surface area contributed by atoms with Gasteiger partial charge in [0.05, 0.1) is 34.1 Å². The number of anilines is 3. The molecule has 5 aliphatic rings. The molecule has 5 heteroatoms. The van der Waals surface area contributed by atoms with E-state index >= 15 is 0 Å². The lowest BCUT2D eigenvalue weighted by molar-refractivity contribution is 0.435. The Kier molecular flexibility index (Phi) is 8.56. The molecule has 10 aromatic rings. The number of benzene rings is 8. The van der Waals surface area contributed by atoms with E-state index in [1.165, 1.54) is 59.7 Å². The molecule has 0 saturated carbocycles. The third kappa shape index (κ3) is 4.95. The van der Waals surface area contributed by atoms with Gasteiger partial charge < -0.3 is 9.64 Å². The molecule has 0 N–H and O–H groups in total. The Bertz CT molecular complexity index is 3940. The Morgan fingerprint density at radius 2 is 1.07 bits per heavy atom. The number of pyridine rings is 2. The van der Waals surface area contributed by atoms with E-state index in [1.54, 1.807) is 0 Å². The summed E-state index contributed by atoms with van der Waals surface area (Å²) in [5.41, 5.74) is 17.7. The zero-order valence-corrected chi connectivity index (χ0v) is 40.6. The van der Waals surface area contributed by atoms with Crippen LogP contribution in [0.4, 0.5) is 17.1 Å². The normalized spacial score (nSPS) is 18.6. The van der Waals surface area contributed by atoms with E-state index in [0.717, 1.165) is 67.8 Å². The Morgan fingerprint density at radius 1 is 0.486 bits per heavy atom. The highest BCUT2D eigenvalue weighted by atomic mass is 28.3. The van der Waals surface area contributed by atoms with Gasteiger partial charge in [0.25, 0.3) is 0 Å². The second kappa shape index (κ2) is 15.1. The van der Waals surface area contributed by atoms with Gasteiger partial charge in [-0.25, -0.2) is 0 Å². The fourth-order valence-electron chi connectivity index (χ4n) is 13.9. The van der Waals surface area contributed by atoms with Gasteiger partial charge in [-0.3, -0.25) is 9.97 Å². The summed E-state index contributed by atoms with van der Waals surface area (Å²) in [7, 11) is -2.85. The van der Waals surface area contributed by atoms with Crippen LogP contribution in [0.1, 0.15) is 51.4 Å². The molecule has 0 amide bonds. The van der Waals surface area contributed by atoms with Gasteiger partial charge in [0, 0.05) is 34.3 Å². The monoisotopic (exact) mass is 935 g/mol. The highest BCUT2D eigenvalue weighted by Crippen LogP contribution is 2.67. The lowest BCUT2D eigenvalue weighted by atomic mass is 9.65. The molecule has 0 saturated heterocycles. The number of rotatable bonds is 5. The Balaban J connectivity index is 1.02. The summed E-state index contributed by atoms with van der Waals surface area (Å²) in [4.78, 5) is 13.2. The SMILES string of the molecule is C=CC1=C(/C=C\C)C2(c3ccccc31)c1ccccc1-c1cc3c(cc12)Oc1ccccc1C31c2cccnc2-c2ncc(N3c4ccccc4[Si](c4ccccc4)(c4ccccc4)c4ccccc43)cc21. The minimum Gasteiger partial charge on any atom is -0.457 e. The largest absolute Gasteiger partial charge is 0.457 e. The van der Waals surface area contributed by atoms with Gasteiger partial charge in [0.1, 0.15) is 11.5 Å². The van der Waals surface area contributed by atoms with Crippen LogP contribution in [0.15, 0.2) is 255 Å². The van der Waals surface area contributed by atoms with E-state index in [0.29, 0.717) is 0 Å². The molecule has 15 rings (SSSR count). The Hall–Kier alpha value is -8.90. The Labute approximate surface area is 420 Å². The van der Waals surface area contributed by atoms with Gasteiger partial charge in [-0.1, -0.05) is 195 Å². The van der Waals surface area contributed by atoms with Crippen molar-refractivity contribution in [3.63, 3.8) is 0 Å². The number of nitrogens with zero attached hydrogens (tertiary/aromatic N) is 3. The lowest BCUT2D eigenvalue weighted by Crippen LogP contribution is -2.77. The summed E-state index contributed by atoms with van der Waals surface area (Å²) in [6, 6.07) is 78.6. The van der Waals surface area contributed by atoms with E-state index < -0.39 is 18.9 Å². The predicted molar refractivity (Wildman–Crippen MR) is 295 cm³/mol. The molecule has 2 spiro atoms. The molecule has 0 fully saturated rings. The van der Waals surface area contributed by atoms with Gasteiger partial charge in [-0.2, -0.15) is 0 Å². The van der Waals surface area contributed by atoms with E-state index in [2.05, 4.69) is 249 Å². The molecule has 4 nitrogen and oxygen atoms in total. The zero-order valence-electron chi connectivity index (χ0n) is 39.6. The first-order chi connectivity index (χ1) is 35.6. The molecule has 2 unspecified atom stereocenters. The van der Waals surface area contributed by atoms with Crippen LogP contribution >= 0.6 is 0 Å². The molecule has 0 radical (unpaired) electrons. The van der Waals surface area contributed by atoms with E-state index in [9.17, 15) is 0 Å². The van der Waals surface area contributed by atoms with Gasteiger partial charge >= 0.3 is 0 Å². The van der Waals surface area contributed by atoms with Gasteiger partial charge in [-0.05, 0) is 120 Å². The molecule has 2 atom stereocenters. The number of hydrogen-bond acceptors (Lipinski definition) is 4. The number of allylic oxidation sites excluding steroid dienone is 5. The summed E-state index contributed by atoms with van der Waals surface area (Å²) in [5.74, 6) is 1.65. The van der Waals surface area contributed by atoms with Gasteiger partial charge in [0.2, 0.25) is 0 Å². The average molecular weight is 936 g/mol. The van der Waals surface area contributed by atoms with Crippen molar-refractivity contribution in [3.8, 4) is 34.0 Å². The third-order valence-corrected chi connectivity index (χ3v) is 21.3. The van der Waals surface area contributed by atoms with Gasteiger partial charge in [0.15, 0.2) is 8.07 Å². The van der Waals surface area contributed by atoms with Crippen molar-refractivity contribution in [2.75, 3.05) is 4.90 Å². The van der Waals surface area contributed by atoms with Crippen molar-refractivity contribution in [1.29, 1.82) is 0 Å². The zero-order chi connectivity index (χ0) is 47.8. The highest BCUT2D eigenvalue weighted by Gasteiger charge is 2.57. The molecule has 2 aromatic heterocycles. The Morgan fingerprint density at radius 3 is 1.76 bits per heavy atom. The van der Waals surface area contributed by atoms with Crippen molar-refractivity contribution in [3.05, 3.63) is 300 Å². The quantitative estimate of drug-likeness (QED) is 0.161. The molecule has 2 aliphatic heterocycles. The third-order valence-electron chi connectivity index (χ3n) is 16.4. The summed E-state index contributed by atoms with van der Waals surface area (Å²) in [6.45, 7) is 6.51. The second-order valence-corrected chi connectivity index (χ2v) is 23.2. The maximum Gasteiger partial charge on any atom is 0.184 e. The first-order valence-corrected chi connectivity index (χ1v) is 26.9. The molecular formula is C67H45N3OSi. The van der Waals surface area contributed by atoms with E-state index in [1.807, 2.05) is 12.3 Å². The fourth-order valence-corrected chi connectivity index (χ4v) is 19.0. The first-order valence-electron chi connectivity index (χ1n) is 24.9. The number of hydrogen-bond donors (Lipinski definition) is 0. The van der Waals surface area contributed by atoms with Crippen LogP contribution in [0, 0.1) is 0 Å². The van der Waals surface area contributed by atoms with Crippen molar-refractivity contribution >= 4 is 51.5 Å². The summed E-state index contributed by atoms with van der Waals surface area (Å²) >= 11 is 0. The number of para-hydroxylation sites is 3. The van der Waals surface area contributed by atoms with Crippen LogP contribution < -0.4 is 30.4 Å². The molecule has 72 heavy (non-hydrogen) atoms. The highest BCUT2D eigenvalue weighted by molar-refractivity contribution is 7.21. The van der Waals surface area contributed by atoms with Crippen molar-refractivity contribution in [1.82, 2.24) is 9.97 Å². The lowest BCUT2D eigenvalue weighted by Gasteiger charge is -2.45. The topological polar surface area (TPSA) is 38.3 Å². The second-order valence-electron chi connectivity index (χ2n) is 19.5. The minimum absolute atomic E-state index is 0.587. The maximum atomic E-state index is 7.30. The molecule has 4 heterocycles. The van der Waals surface area contributed by atoms with E-state index in [4.69, 9.17) is 14.7 Å². The number of fused-ring (bicyclic) bond motifs is 18. The van der Waals surface area contributed by atoms with Crippen LogP contribution in [-0.4, -0.2) is 18.0 Å². The van der Waals surface area contributed by atoms with Gasteiger partial charge in [-0.15, -0.1) is 0 Å². The first kappa shape index (κ1) is 40.9. The smallest absolute Gasteiger partial charge is 0.184 e. The standard InChI is InChI=1S/C67H45N3OSi/c1-3-22-50-46(4-2)47-27-11-13-29-51(47)66(50)52-30-14-12-28-48(52)49-40-56-61(41-55(49)66)71-60-35-18-15-31-53(60)67(56)54-32-21-38-68-64(54)65-57(67)39-43(42-69-65)70-58-33-16-19-36-62(58)72(44-23-7-5-8-24-44,45-25-9-6-10-26-45)63-37-20-17-34-59(63)70/h3-42H,2H2,1H3/b22-3-. The summed E-state index contributed by atoms with van der Waals surface area (Å²) in [6.07, 6.45) is 10.5. The van der Waals surface area contributed by atoms with Crippen LogP contribution in [0.2, 0.25) is 0 Å². The predicted octanol–water partition coefficient (Wildman–Crippen LogP) is 13.0. The van der Waals surface area contributed by atoms with Crippen molar-refractivity contribution in [2.45, 2.75) is 17.8 Å². The average Bonchev–Trinajstić information content (AvgIpc) is 4.01. The van der Waals surface area contributed by atoms with E-state index in [-0.39, 0.29) is 0 Å². The fraction of sp³-hybridized carbons (Fsp3) is 0.0448. The van der Waals surface area contributed by atoms with Crippen LogP contribution in [0.5, 0.6) is 11.5 Å². The number of ether oxygens (including phenoxy) is 1. The summed E-state index contributed by atoms with van der Waals surface area (Å²) in [5, 5.41) is 5.38. The molecular weight excluding hydrogens is 891 g/mol. The van der Waals surface area contributed by atoms with Crippen LogP contribution in [0.25, 0.3) is 28.1 Å². The minimum atomic E-state index is -2.85. The summed E-state index contributed by atoms with van der Waals surface area (Å²) < 4.78 is 7.30. The molecule has 0 bridgehead atoms. The van der Waals surface area contributed by atoms with Crippen LogP contribution in [-0.2, 0) is 10.8 Å². The maximum absolute atomic E-state index is 7.30. The van der Waals surface area contributed by atoms with Crippen molar-refractivity contribution in [2.24, 2.45) is 0 Å². The molecule has 338 valence electrons. The molecule has 3 aliphatic carbocycles.